The second kappa shape index (κ2) is 5.82. The molecule has 1 aromatic rings. The molecule has 1 aliphatic carbocycles. The summed E-state index contributed by atoms with van der Waals surface area (Å²) in [5, 5.41) is 10.4. The van der Waals surface area contributed by atoms with Gasteiger partial charge < -0.3 is 14.7 Å². The van der Waals surface area contributed by atoms with Gasteiger partial charge in [-0.2, -0.15) is 0 Å². The number of benzene rings is 1. The average molecular weight is 315 g/mol. The molecule has 124 valence electrons. The van der Waals surface area contributed by atoms with Crippen molar-refractivity contribution in [3.63, 3.8) is 0 Å². The zero-order valence-corrected chi connectivity index (χ0v) is 13.6. The molecule has 1 spiro atoms. The maximum Gasteiger partial charge on any atom is 0.253 e. The van der Waals surface area contributed by atoms with Crippen LogP contribution in [0.2, 0.25) is 0 Å². The van der Waals surface area contributed by atoms with E-state index in [4.69, 9.17) is 4.74 Å². The van der Waals surface area contributed by atoms with Crippen molar-refractivity contribution in [3.8, 4) is 5.75 Å². The summed E-state index contributed by atoms with van der Waals surface area (Å²) in [6.45, 7) is 2.29. The molecule has 4 nitrogen and oxygen atoms in total. The SMILES string of the molecule is O=C(c1ccc2c(c1)CCCO2)N1CCC[C@@]2(CCC[C@H]2O)C1. The number of ether oxygens (including phenoxy) is 1. The molecular formula is C19H25NO3. The van der Waals surface area contributed by atoms with E-state index >= 15 is 0 Å². The quantitative estimate of drug-likeness (QED) is 0.867. The van der Waals surface area contributed by atoms with Crippen molar-refractivity contribution >= 4 is 5.91 Å². The maximum absolute atomic E-state index is 12.9. The van der Waals surface area contributed by atoms with Crippen molar-refractivity contribution in [1.29, 1.82) is 0 Å². The highest BCUT2D eigenvalue weighted by molar-refractivity contribution is 5.94. The lowest BCUT2D eigenvalue weighted by atomic mass is 9.76. The first-order valence-corrected chi connectivity index (χ1v) is 8.91. The third kappa shape index (κ3) is 2.63. The van der Waals surface area contributed by atoms with Crippen LogP contribution in [0.1, 0.15) is 54.4 Å². The molecule has 1 aromatic carbocycles. The largest absolute Gasteiger partial charge is 0.493 e. The second-order valence-electron chi connectivity index (χ2n) is 7.38. The zero-order chi connectivity index (χ0) is 15.9. The Morgan fingerprint density at radius 1 is 1.26 bits per heavy atom. The van der Waals surface area contributed by atoms with Crippen molar-refractivity contribution in [2.45, 2.75) is 51.0 Å². The van der Waals surface area contributed by atoms with Crippen LogP contribution in [0.3, 0.4) is 0 Å². The van der Waals surface area contributed by atoms with Crippen LogP contribution in [0.25, 0.3) is 0 Å². The van der Waals surface area contributed by atoms with Gasteiger partial charge in [-0.25, -0.2) is 0 Å². The van der Waals surface area contributed by atoms with Crippen LogP contribution in [0.4, 0.5) is 0 Å². The van der Waals surface area contributed by atoms with Gasteiger partial charge in [-0.3, -0.25) is 4.79 Å². The van der Waals surface area contributed by atoms with Gasteiger partial charge in [0.05, 0.1) is 12.7 Å². The average Bonchev–Trinajstić information content (AvgIpc) is 2.93. The number of hydrogen-bond donors (Lipinski definition) is 1. The molecule has 0 aromatic heterocycles. The Bertz CT molecular complexity index is 615. The molecule has 2 atom stereocenters. The van der Waals surface area contributed by atoms with Crippen LogP contribution in [0, 0.1) is 5.41 Å². The molecule has 4 rings (SSSR count). The lowest BCUT2D eigenvalue weighted by Crippen LogP contribution is -2.49. The topological polar surface area (TPSA) is 49.8 Å². The highest BCUT2D eigenvalue weighted by Gasteiger charge is 2.45. The molecule has 1 saturated carbocycles. The standard InChI is InChI=1S/C19H25NO3/c21-17-5-1-8-19(17)9-3-10-20(13-19)18(22)15-6-7-16-14(12-15)4-2-11-23-16/h6-7,12,17,21H,1-5,8-11,13H2/t17-,19+/m1/s1. The molecule has 0 radical (unpaired) electrons. The number of nitrogens with zero attached hydrogens (tertiary/aromatic N) is 1. The Balaban J connectivity index is 1.54. The molecule has 0 bridgehead atoms. The lowest BCUT2D eigenvalue weighted by Gasteiger charge is -2.42. The smallest absolute Gasteiger partial charge is 0.253 e. The molecule has 23 heavy (non-hydrogen) atoms. The number of aryl methyl sites for hydroxylation is 1. The van der Waals surface area contributed by atoms with E-state index in [1.165, 1.54) is 0 Å². The van der Waals surface area contributed by atoms with Crippen molar-refractivity contribution < 1.29 is 14.6 Å². The van der Waals surface area contributed by atoms with Crippen molar-refractivity contribution in [3.05, 3.63) is 29.3 Å². The predicted octanol–water partition coefficient (Wildman–Crippen LogP) is 2.78. The van der Waals surface area contributed by atoms with Gasteiger partial charge in [-0.15, -0.1) is 0 Å². The van der Waals surface area contributed by atoms with Crippen molar-refractivity contribution in [2.24, 2.45) is 5.41 Å². The van der Waals surface area contributed by atoms with Gasteiger partial charge in [0.25, 0.3) is 5.91 Å². The molecular weight excluding hydrogens is 290 g/mol. The minimum Gasteiger partial charge on any atom is -0.493 e. The first-order chi connectivity index (χ1) is 11.2. The summed E-state index contributed by atoms with van der Waals surface area (Å²) in [6, 6.07) is 5.83. The summed E-state index contributed by atoms with van der Waals surface area (Å²) >= 11 is 0. The molecule has 4 heteroatoms. The zero-order valence-electron chi connectivity index (χ0n) is 13.6. The molecule has 2 fully saturated rings. The number of aliphatic hydroxyl groups excluding tert-OH is 1. The van der Waals surface area contributed by atoms with Gasteiger partial charge >= 0.3 is 0 Å². The minimum atomic E-state index is -0.241. The first-order valence-electron chi connectivity index (χ1n) is 8.91. The summed E-state index contributed by atoms with van der Waals surface area (Å²) in [7, 11) is 0. The minimum absolute atomic E-state index is 0.0504. The number of hydrogen-bond acceptors (Lipinski definition) is 3. The number of amides is 1. The number of rotatable bonds is 1. The summed E-state index contributed by atoms with van der Waals surface area (Å²) in [5.41, 5.74) is 1.86. The molecule has 2 heterocycles. The second-order valence-corrected chi connectivity index (χ2v) is 7.38. The van der Waals surface area contributed by atoms with E-state index in [9.17, 15) is 9.90 Å². The van der Waals surface area contributed by atoms with E-state index in [-0.39, 0.29) is 17.4 Å². The normalized spacial score (nSPS) is 30.1. The molecule has 1 N–H and O–H groups in total. The van der Waals surface area contributed by atoms with Gasteiger partial charge in [0, 0.05) is 24.1 Å². The predicted molar refractivity (Wildman–Crippen MR) is 87.7 cm³/mol. The Hall–Kier alpha value is -1.55. The number of piperidine rings is 1. The summed E-state index contributed by atoms with van der Waals surface area (Å²) < 4.78 is 5.64. The third-order valence-corrected chi connectivity index (χ3v) is 5.91. The third-order valence-electron chi connectivity index (χ3n) is 5.91. The first kappa shape index (κ1) is 15.0. The number of carbonyl (C=O) groups is 1. The van der Waals surface area contributed by atoms with Crippen LogP contribution in [0.15, 0.2) is 18.2 Å². The fourth-order valence-electron chi connectivity index (χ4n) is 4.61. The van der Waals surface area contributed by atoms with E-state index < -0.39 is 0 Å². The number of aliphatic hydroxyl groups is 1. The van der Waals surface area contributed by atoms with E-state index in [0.717, 1.165) is 75.0 Å². The highest BCUT2D eigenvalue weighted by Crippen LogP contribution is 2.45. The molecule has 1 saturated heterocycles. The van der Waals surface area contributed by atoms with Crippen molar-refractivity contribution in [2.75, 3.05) is 19.7 Å². The summed E-state index contributed by atoms with van der Waals surface area (Å²) in [4.78, 5) is 14.9. The summed E-state index contributed by atoms with van der Waals surface area (Å²) in [6.07, 6.45) is 6.83. The van der Waals surface area contributed by atoms with Gasteiger partial charge in [-0.1, -0.05) is 6.42 Å². The van der Waals surface area contributed by atoms with Gasteiger partial charge in [0.15, 0.2) is 0 Å². The van der Waals surface area contributed by atoms with E-state index in [0.29, 0.717) is 6.54 Å². The van der Waals surface area contributed by atoms with Crippen LogP contribution in [0.5, 0.6) is 5.75 Å². The molecule has 1 amide bonds. The molecule has 0 unspecified atom stereocenters. The van der Waals surface area contributed by atoms with Gasteiger partial charge in [0.2, 0.25) is 0 Å². The monoisotopic (exact) mass is 315 g/mol. The Morgan fingerprint density at radius 3 is 2.96 bits per heavy atom. The Kier molecular flexibility index (Phi) is 3.80. The maximum atomic E-state index is 12.9. The van der Waals surface area contributed by atoms with E-state index in [2.05, 4.69) is 0 Å². The number of carbonyl (C=O) groups excluding carboxylic acids is 1. The Labute approximate surface area is 137 Å². The fraction of sp³-hybridized carbons (Fsp3) is 0.632. The molecule has 2 aliphatic heterocycles. The Morgan fingerprint density at radius 2 is 2.13 bits per heavy atom. The van der Waals surface area contributed by atoms with Crippen LogP contribution in [-0.2, 0) is 6.42 Å². The number of likely N-dealkylation sites (tertiary alicyclic amines) is 1. The highest BCUT2D eigenvalue weighted by atomic mass is 16.5. The van der Waals surface area contributed by atoms with E-state index in [1.807, 2.05) is 23.1 Å². The molecule has 3 aliphatic rings. The van der Waals surface area contributed by atoms with Crippen LogP contribution < -0.4 is 4.74 Å². The summed E-state index contributed by atoms with van der Waals surface area (Å²) in [5.74, 6) is 1.03. The van der Waals surface area contributed by atoms with Crippen LogP contribution in [-0.4, -0.2) is 41.7 Å². The fourth-order valence-corrected chi connectivity index (χ4v) is 4.61. The van der Waals surface area contributed by atoms with Gasteiger partial charge in [0.1, 0.15) is 5.75 Å². The lowest BCUT2D eigenvalue weighted by molar-refractivity contribution is -0.00536. The van der Waals surface area contributed by atoms with Crippen molar-refractivity contribution in [1.82, 2.24) is 4.90 Å². The number of fused-ring (bicyclic) bond motifs is 1. The van der Waals surface area contributed by atoms with Crippen LogP contribution >= 0.6 is 0 Å². The van der Waals surface area contributed by atoms with E-state index in [1.54, 1.807) is 0 Å². The van der Waals surface area contributed by atoms with Gasteiger partial charge in [-0.05, 0) is 62.3 Å².